The summed E-state index contributed by atoms with van der Waals surface area (Å²) in [4.78, 5) is 9.12. The van der Waals surface area contributed by atoms with E-state index in [2.05, 4.69) is 34.7 Å². The number of nitrogens with one attached hydrogen (secondary N) is 2. The lowest BCUT2D eigenvalue weighted by Crippen LogP contribution is -2.37. The maximum absolute atomic E-state index is 13.7. The molecule has 1 unspecified atom stereocenters. The van der Waals surface area contributed by atoms with E-state index >= 15 is 0 Å². The van der Waals surface area contributed by atoms with Crippen LogP contribution in [0.5, 0.6) is 0 Å². The van der Waals surface area contributed by atoms with Crippen molar-refractivity contribution in [1.82, 2.24) is 20.0 Å². The Labute approximate surface area is 151 Å². The first-order valence-electron chi connectivity index (χ1n) is 8.61. The van der Waals surface area contributed by atoms with E-state index in [-0.39, 0.29) is 17.9 Å². The highest BCUT2D eigenvalue weighted by Crippen LogP contribution is 2.18. The van der Waals surface area contributed by atoms with Crippen LogP contribution < -0.4 is 10.6 Å². The zero-order valence-electron chi connectivity index (χ0n) is 14.6. The highest BCUT2D eigenvalue weighted by Gasteiger charge is 2.21. The molecule has 0 bridgehead atoms. The quantitative estimate of drug-likeness (QED) is 0.759. The van der Waals surface area contributed by atoms with Gasteiger partial charge in [0.15, 0.2) is 0 Å². The van der Waals surface area contributed by atoms with Crippen LogP contribution in [-0.4, -0.2) is 21.1 Å². The third-order valence-electron chi connectivity index (χ3n) is 4.52. The normalized spacial score (nSPS) is 18.0. The summed E-state index contributed by atoms with van der Waals surface area (Å²) in [5.41, 5.74) is 3.46. The fourth-order valence-electron chi connectivity index (χ4n) is 3.09. The summed E-state index contributed by atoms with van der Waals surface area (Å²) in [7, 11) is 0. The monoisotopic (exact) mass is 349 g/mol. The van der Waals surface area contributed by atoms with Crippen molar-refractivity contribution >= 4 is 11.4 Å². The van der Waals surface area contributed by atoms with Crippen molar-refractivity contribution in [2.45, 2.75) is 25.9 Å². The Hall–Kier alpha value is -3.15. The van der Waals surface area contributed by atoms with Crippen molar-refractivity contribution in [2.24, 2.45) is 4.99 Å². The van der Waals surface area contributed by atoms with Gasteiger partial charge in [0.2, 0.25) is 0 Å². The lowest BCUT2D eigenvalue weighted by Gasteiger charge is -2.24. The number of benzene rings is 1. The van der Waals surface area contributed by atoms with Crippen molar-refractivity contribution in [3.8, 4) is 0 Å². The Bertz CT molecular complexity index is 990. The fraction of sp³-hybridized carbons (Fsp3) is 0.200. The number of fused-ring (bicyclic) bond motifs is 1. The summed E-state index contributed by atoms with van der Waals surface area (Å²) < 4.78 is 15.4. The van der Waals surface area contributed by atoms with Crippen LogP contribution in [0.3, 0.4) is 0 Å². The second kappa shape index (κ2) is 6.63. The fourth-order valence-corrected chi connectivity index (χ4v) is 3.09. The molecule has 26 heavy (non-hydrogen) atoms. The molecule has 5 nitrogen and oxygen atoms in total. The smallest absolute Gasteiger partial charge is 0.142 e. The highest BCUT2D eigenvalue weighted by molar-refractivity contribution is 6.04. The number of pyridine rings is 1. The van der Waals surface area contributed by atoms with E-state index in [1.807, 2.05) is 31.3 Å². The summed E-state index contributed by atoms with van der Waals surface area (Å²) in [6.45, 7) is 4.11. The van der Waals surface area contributed by atoms with Crippen molar-refractivity contribution in [1.29, 1.82) is 0 Å². The van der Waals surface area contributed by atoms with E-state index in [9.17, 15) is 4.39 Å². The third kappa shape index (κ3) is 3.06. The molecule has 0 saturated heterocycles. The van der Waals surface area contributed by atoms with Crippen LogP contribution in [0.2, 0.25) is 0 Å². The van der Waals surface area contributed by atoms with Gasteiger partial charge < -0.3 is 10.6 Å². The van der Waals surface area contributed by atoms with Crippen LogP contribution in [0.4, 0.5) is 4.39 Å². The molecular weight excluding hydrogens is 329 g/mol. The van der Waals surface area contributed by atoms with Gasteiger partial charge in [-0.15, -0.1) is 0 Å². The van der Waals surface area contributed by atoms with Crippen molar-refractivity contribution in [3.05, 3.63) is 84.0 Å². The predicted molar refractivity (Wildman–Crippen MR) is 100 cm³/mol. The Balaban J connectivity index is 1.65. The van der Waals surface area contributed by atoms with Crippen LogP contribution in [0, 0.1) is 5.82 Å². The Morgan fingerprint density at radius 2 is 2.00 bits per heavy atom. The number of aliphatic imine (C=N–C) groups is 1. The molecule has 0 saturated carbocycles. The number of hydrogen-bond donors (Lipinski definition) is 2. The van der Waals surface area contributed by atoms with Gasteiger partial charge in [-0.3, -0.25) is 4.40 Å². The van der Waals surface area contributed by atoms with Crippen molar-refractivity contribution < 1.29 is 4.39 Å². The zero-order valence-corrected chi connectivity index (χ0v) is 14.6. The first-order valence-corrected chi connectivity index (χ1v) is 8.61. The van der Waals surface area contributed by atoms with E-state index in [0.717, 1.165) is 17.2 Å². The Morgan fingerprint density at radius 1 is 1.19 bits per heavy atom. The molecule has 1 aliphatic rings. The molecule has 0 amide bonds. The van der Waals surface area contributed by atoms with Gasteiger partial charge in [0.25, 0.3) is 0 Å². The third-order valence-corrected chi connectivity index (χ3v) is 4.52. The van der Waals surface area contributed by atoms with Crippen LogP contribution in [0.25, 0.3) is 5.65 Å². The molecule has 2 atom stereocenters. The number of hydrogen-bond acceptors (Lipinski definition) is 4. The minimum absolute atomic E-state index is 0.00394. The molecule has 0 aliphatic carbocycles. The molecule has 1 aliphatic heterocycles. The molecule has 0 spiro atoms. The van der Waals surface area contributed by atoms with Gasteiger partial charge >= 0.3 is 0 Å². The lowest BCUT2D eigenvalue weighted by atomic mass is 10.1. The van der Waals surface area contributed by atoms with Crippen LogP contribution >= 0.6 is 0 Å². The molecule has 0 fully saturated rings. The highest BCUT2D eigenvalue weighted by atomic mass is 19.1. The van der Waals surface area contributed by atoms with Gasteiger partial charge in [0.05, 0.1) is 23.6 Å². The minimum Gasteiger partial charge on any atom is -0.380 e. The molecule has 132 valence electrons. The van der Waals surface area contributed by atoms with E-state index in [1.54, 1.807) is 16.7 Å². The van der Waals surface area contributed by atoms with E-state index < -0.39 is 0 Å². The summed E-state index contributed by atoms with van der Waals surface area (Å²) >= 11 is 0. The summed E-state index contributed by atoms with van der Waals surface area (Å²) in [6, 6.07) is 13.4. The van der Waals surface area contributed by atoms with Crippen LogP contribution in [-0.2, 0) is 0 Å². The summed E-state index contributed by atoms with van der Waals surface area (Å²) in [6.07, 6.45) is 5.04. The SMILES string of the molecule is CC1NC=C(N[C@@H](C)c2ccccc2)N=C1c1cnc2ccc(F)cn12. The van der Waals surface area contributed by atoms with Crippen LogP contribution in [0.1, 0.15) is 31.1 Å². The largest absolute Gasteiger partial charge is 0.380 e. The number of halogens is 1. The van der Waals surface area contributed by atoms with Gasteiger partial charge in [-0.05, 0) is 31.5 Å². The Morgan fingerprint density at radius 3 is 2.81 bits per heavy atom. The van der Waals surface area contributed by atoms with E-state index in [0.29, 0.717) is 5.65 Å². The average Bonchev–Trinajstić information content (AvgIpc) is 3.07. The van der Waals surface area contributed by atoms with Crippen LogP contribution in [0.15, 0.2) is 71.9 Å². The van der Waals surface area contributed by atoms with Crippen molar-refractivity contribution in [3.63, 3.8) is 0 Å². The molecule has 4 rings (SSSR count). The first kappa shape index (κ1) is 16.3. The molecule has 2 aromatic heterocycles. The van der Waals surface area contributed by atoms with Gasteiger partial charge in [0.1, 0.15) is 17.3 Å². The topological polar surface area (TPSA) is 53.7 Å². The molecule has 1 aromatic carbocycles. The first-order chi connectivity index (χ1) is 12.6. The number of nitrogens with zero attached hydrogens (tertiary/aromatic N) is 3. The average molecular weight is 349 g/mol. The second-order valence-corrected chi connectivity index (χ2v) is 6.41. The van der Waals surface area contributed by atoms with Gasteiger partial charge in [-0.2, -0.15) is 0 Å². The summed E-state index contributed by atoms with van der Waals surface area (Å²) in [5.74, 6) is 0.432. The maximum atomic E-state index is 13.7. The second-order valence-electron chi connectivity index (χ2n) is 6.41. The van der Waals surface area contributed by atoms with Gasteiger partial charge in [0, 0.05) is 18.4 Å². The minimum atomic E-state index is -0.305. The van der Waals surface area contributed by atoms with Gasteiger partial charge in [-0.25, -0.2) is 14.4 Å². The van der Waals surface area contributed by atoms with E-state index in [4.69, 9.17) is 4.99 Å². The predicted octanol–water partition coefficient (Wildman–Crippen LogP) is 3.40. The number of rotatable bonds is 4. The summed E-state index contributed by atoms with van der Waals surface area (Å²) in [5, 5.41) is 6.73. The zero-order chi connectivity index (χ0) is 18.1. The standard InChI is InChI=1S/C20H20FN5/c1-13(15-6-4-3-5-7-15)24-18-11-22-14(2)20(25-18)17-10-23-19-9-8-16(21)12-26(17)19/h3-14,22,24H,1-2H3/t13-,14?/m0/s1. The molecule has 0 radical (unpaired) electrons. The maximum Gasteiger partial charge on any atom is 0.142 e. The molecule has 3 aromatic rings. The van der Waals surface area contributed by atoms with E-state index in [1.165, 1.54) is 17.8 Å². The molecule has 3 heterocycles. The van der Waals surface area contributed by atoms with Gasteiger partial charge in [-0.1, -0.05) is 30.3 Å². The number of aromatic nitrogens is 2. The molecular formula is C20H20FN5. The molecule has 6 heteroatoms. The van der Waals surface area contributed by atoms with Crippen molar-refractivity contribution in [2.75, 3.05) is 0 Å². The lowest BCUT2D eigenvalue weighted by molar-refractivity contribution is 0.618. The number of imidazole rings is 1. The Kier molecular flexibility index (Phi) is 4.16. The molecule has 2 N–H and O–H groups in total.